The highest BCUT2D eigenvalue weighted by Gasteiger charge is 2.31. The first-order chi connectivity index (χ1) is 14.4. The standard InChI is InChI=1S/C21H19ClN4O3S/c22-17-6-8-21(9-7-17)30(28,29)26-11-10-20(27)13-19(26)12-18-15-25(24-23-18)14-16-4-2-1-3-5-16/h1-9,12,15H,10-11,13-14H2. The van der Waals surface area contributed by atoms with Crippen LogP contribution in [0.1, 0.15) is 24.1 Å². The van der Waals surface area contributed by atoms with Crippen molar-refractivity contribution in [3.05, 3.63) is 82.8 Å². The second-order valence-corrected chi connectivity index (χ2v) is 9.26. The number of carbonyl (C=O) groups is 1. The van der Waals surface area contributed by atoms with Gasteiger partial charge in [0.1, 0.15) is 11.5 Å². The molecule has 2 heterocycles. The minimum atomic E-state index is -3.81. The van der Waals surface area contributed by atoms with E-state index >= 15 is 0 Å². The minimum absolute atomic E-state index is 0.0134. The van der Waals surface area contributed by atoms with Crippen LogP contribution in [-0.2, 0) is 21.4 Å². The number of benzene rings is 2. The Hall–Kier alpha value is -2.97. The number of nitrogens with zero attached hydrogens (tertiary/aromatic N) is 4. The third-order valence-corrected chi connectivity index (χ3v) is 6.87. The molecule has 0 atom stereocenters. The first kappa shape index (κ1) is 20.3. The van der Waals surface area contributed by atoms with E-state index in [0.717, 1.165) is 5.56 Å². The normalized spacial score (nSPS) is 16.2. The Labute approximate surface area is 179 Å². The van der Waals surface area contributed by atoms with Gasteiger partial charge in [0.05, 0.1) is 17.6 Å². The van der Waals surface area contributed by atoms with E-state index in [2.05, 4.69) is 10.3 Å². The third-order valence-electron chi connectivity index (χ3n) is 4.75. The Morgan fingerprint density at radius 2 is 1.80 bits per heavy atom. The molecular weight excluding hydrogens is 424 g/mol. The quantitative estimate of drug-likeness (QED) is 0.604. The van der Waals surface area contributed by atoms with E-state index in [-0.39, 0.29) is 30.1 Å². The Morgan fingerprint density at radius 3 is 2.53 bits per heavy atom. The first-order valence-electron chi connectivity index (χ1n) is 9.36. The number of allylic oxidation sites excluding steroid dienone is 1. The molecule has 7 nitrogen and oxygen atoms in total. The molecule has 0 unspecified atom stereocenters. The summed E-state index contributed by atoms with van der Waals surface area (Å²) in [6.45, 7) is 0.635. The number of rotatable bonds is 5. The minimum Gasteiger partial charge on any atom is -0.299 e. The monoisotopic (exact) mass is 442 g/mol. The van der Waals surface area contributed by atoms with Crippen LogP contribution in [0.2, 0.25) is 5.02 Å². The fourth-order valence-corrected chi connectivity index (χ4v) is 4.90. The molecule has 1 aliphatic heterocycles. The topological polar surface area (TPSA) is 85.2 Å². The molecular formula is C21H19ClN4O3S. The molecule has 30 heavy (non-hydrogen) atoms. The van der Waals surface area contributed by atoms with Crippen molar-refractivity contribution in [2.75, 3.05) is 6.54 Å². The van der Waals surface area contributed by atoms with E-state index in [1.165, 1.54) is 28.6 Å². The second kappa shape index (κ2) is 8.41. The van der Waals surface area contributed by atoms with Crippen LogP contribution in [0, 0.1) is 0 Å². The lowest BCUT2D eigenvalue weighted by Gasteiger charge is -2.30. The maximum Gasteiger partial charge on any atom is 0.264 e. The van der Waals surface area contributed by atoms with Gasteiger partial charge in [-0.2, -0.15) is 0 Å². The zero-order valence-corrected chi connectivity index (χ0v) is 17.6. The number of ketones is 1. The highest BCUT2D eigenvalue weighted by molar-refractivity contribution is 7.89. The highest BCUT2D eigenvalue weighted by atomic mass is 35.5. The highest BCUT2D eigenvalue weighted by Crippen LogP contribution is 2.28. The van der Waals surface area contributed by atoms with Gasteiger partial charge in [-0.1, -0.05) is 47.1 Å². The molecule has 1 fully saturated rings. The average molecular weight is 443 g/mol. The molecule has 4 rings (SSSR count). The van der Waals surface area contributed by atoms with Crippen molar-refractivity contribution in [3.63, 3.8) is 0 Å². The van der Waals surface area contributed by atoms with Crippen molar-refractivity contribution in [2.45, 2.75) is 24.3 Å². The summed E-state index contributed by atoms with van der Waals surface area (Å²) in [5.41, 5.74) is 1.95. The molecule has 2 aromatic carbocycles. The molecule has 1 aromatic heterocycles. The van der Waals surface area contributed by atoms with Crippen LogP contribution >= 0.6 is 11.6 Å². The Kier molecular flexibility index (Phi) is 5.69. The molecule has 0 saturated carbocycles. The number of aromatic nitrogens is 3. The van der Waals surface area contributed by atoms with Gasteiger partial charge >= 0.3 is 0 Å². The van der Waals surface area contributed by atoms with E-state index in [9.17, 15) is 13.2 Å². The molecule has 1 saturated heterocycles. The Morgan fingerprint density at radius 1 is 1.07 bits per heavy atom. The van der Waals surface area contributed by atoms with Gasteiger partial charge in [0, 0.05) is 30.1 Å². The predicted molar refractivity (Wildman–Crippen MR) is 113 cm³/mol. The summed E-state index contributed by atoms with van der Waals surface area (Å²) in [5, 5.41) is 8.68. The van der Waals surface area contributed by atoms with Gasteiger partial charge in [0.2, 0.25) is 0 Å². The van der Waals surface area contributed by atoms with E-state index < -0.39 is 10.0 Å². The first-order valence-corrected chi connectivity index (χ1v) is 11.2. The zero-order valence-electron chi connectivity index (χ0n) is 16.0. The van der Waals surface area contributed by atoms with Gasteiger partial charge in [-0.25, -0.2) is 13.1 Å². The number of Topliss-reactive ketones (excluding diaryl/α,β-unsaturated/α-hetero) is 1. The van der Waals surface area contributed by atoms with Crippen LogP contribution < -0.4 is 0 Å². The SMILES string of the molecule is O=C1CCN(S(=O)(=O)c2ccc(Cl)cc2)C(=Cc2cn(Cc3ccccc3)nn2)C1. The van der Waals surface area contributed by atoms with E-state index in [1.807, 2.05) is 30.3 Å². The smallest absolute Gasteiger partial charge is 0.264 e. The number of hydrogen-bond acceptors (Lipinski definition) is 5. The van der Waals surface area contributed by atoms with E-state index in [0.29, 0.717) is 23.0 Å². The lowest BCUT2D eigenvalue weighted by atomic mass is 10.1. The Bertz CT molecular complexity index is 1190. The fraction of sp³-hybridized carbons (Fsp3) is 0.190. The molecule has 0 bridgehead atoms. The van der Waals surface area contributed by atoms with Crippen molar-refractivity contribution >= 4 is 33.5 Å². The third kappa shape index (κ3) is 4.44. The number of carbonyl (C=O) groups excluding carboxylic acids is 1. The van der Waals surface area contributed by atoms with Crippen molar-refractivity contribution < 1.29 is 13.2 Å². The second-order valence-electron chi connectivity index (χ2n) is 6.96. The summed E-state index contributed by atoms with van der Waals surface area (Å²) in [7, 11) is -3.81. The lowest BCUT2D eigenvalue weighted by molar-refractivity contribution is -0.119. The molecule has 0 amide bonds. The molecule has 3 aromatic rings. The van der Waals surface area contributed by atoms with Gasteiger partial charge in [0.25, 0.3) is 10.0 Å². The zero-order chi connectivity index (χ0) is 21.1. The van der Waals surface area contributed by atoms with Crippen molar-refractivity contribution in [2.24, 2.45) is 0 Å². The Balaban J connectivity index is 1.62. The van der Waals surface area contributed by atoms with Crippen molar-refractivity contribution in [1.82, 2.24) is 19.3 Å². The lowest BCUT2D eigenvalue weighted by Crippen LogP contribution is -2.37. The van der Waals surface area contributed by atoms with Crippen LogP contribution in [0.3, 0.4) is 0 Å². The van der Waals surface area contributed by atoms with Crippen molar-refractivity contribution in [3.8, 4) is 0 Å². The van der Waals surface area contributed by atoms with Crippen LogP contribution in [-0.4, -0.2) is 40.0 Å². The number of piperidine rings is 1. The van der Waals surface area contributed by atoms with E-state index in [4.69, 9.17) is 11.6 Å². The summed E-state index contributed by atoms with van der Waals surface area (Å²) in [6.07, 6.45) is 3.54. The van der Waals surface area contributed by atoms with Crippen LogP contribution in [0.15, 0.2) is 71.4 Å². The molecule has 1 aliphatic rings. The predicted octanol–water partition coefficient (Wildman–Crippen LogP) is 3.37. The van der Waals surface area contributed by atoms with Gasteiger partial charge in [-0.3, -0.25) is 9.10 Å². The van der Waals surface area contributed by atoms with E-state index in [1.54, 1.807) is 17.0 Å². The van der Waals surface area contributed by atoms with Gasteiger partial charge < -0.3 is 0 Å². The van der Waals surface area contributed by atoms with Crippen LogP contribution in [0.25, 0.3) is 6.08 Å². The van der Waals surface area contributed by atoms with Gasteiger partial charge in [-0.15, -0.1) is 5.10 Å². The molecule has 9 heteroatoms. The van der Waals surface area contributed by atoms with Crippen LogP contribution in [0.5, 0.6) is 0 Å². The number of hydrogen-bond donors (Lipinski definition) is 0. The van der Waals surface area contributed by atoms with Crippen molar-refractivity contribution in [1.29, 1.82) is 0 Å². The van der Waals surface area contributed by atoms with Gasteiger partial charge in [-0.05, 0) is 35.9 Å². The molecule has 0 radical (unpaired) electrons. The molecule has 0 N–H and O–H groups in total. The summed E-state index contributed by atoms with van der Waals surface area (Å²) < 4.78 is 29.2. The molecule has 0 aliphatic carbocycles. The maximum absolute atomic E-state index is 13.1. The number of halogens is 1. The largest absolute Gasteiger partial charge is 0.299 e. The number of sulfonamides is 1. The van der Waals surface area contributed by atoms with Gasteiger partial charge in [0.15, 0.2) is 0 Å². The summed E-state index contributed by atoms with van der Waals surface area (Å²) in [5.74, 6) is -0.0134. The summed E-state index contributed by atoms with van der Waals surface area (Å²) in [6, 6.07) is 15.8. The molecule has 0 spiro atoms. The molecule has 154 valence electrons. The average Bonchev–Trinajstić information content (AvgIpc) is 3.15. The summed E-state index contributed by atoms with van der Waals surface area (Å²) >= 11 is 5.88. The van der Waals surface area contributed by atoms with Crippen LogP contribution in [0.4, 0.5) is 0 Å². The summed E-state index contributed by atoms with van der Waals surface area (Å²) in [4.78, 5) is 12.2. The maximum atomic E-state index is 13.1. The fourth-order valence-electron chi connectivity index (χ4n) is 3.28.